The predicted octanol–water partition coefficient (Wildman–Crippen LogP) is 3.19. The molecule has 94 valence electrons. The van der Waals surface area contributed by atoms with Crippen LogP contribution in [-0.4, -0.2) is 9.97 Å². The van der Waals surface area contributed by atoms with Crippen molar-refractivity contribution in [3.05, 3.63) is 42.2 Å². The van der Waals surface area contributed by atoms with E-state index in [0.717, 1.165) is 24.2 Å². The molecule has 3 rings (SSSR count). The zero-order valence-electron chi connectivity index (χ0n) is 10.5. The smallest absolute Gasteiger partial charge is 0.137 e. The number of H-pyrrole nitrogens is 1. The van der Waals surface area contributed by atoms with Crippen molar-refractivity contribution >= 4 is 0 Å². The van der Waals surface area contributed by atoms with Gasteiger partial charge < -0.3 is 10.7 Å². The van der Waals surface area contributed by atoms with Gasteiger partial charge in [0.25, 0.3) is 0 Å². The summed E-state index contributed by atoms with van der Waals surface area (Å²) in [4.78, 5) is 7.38. The summed E-state index contributed by atoms with van der Waals surface area (Å²) >= 11 is 0. The van der Waals surface area contributed by atoms with Crippen molar-refractivity contribution in [2.45, 2.75) is 37.6 Å². The van der Waals surface area contributed by atoms with Crippen LogP contribution in [0.1, 0.15) is 37.7 Å². The van der Waals surface area contributed by atoms with Gasteiger partial charge in [-0.15, -0.1) is 0 Å². The second-order valence-electron chi connectivity index (χ2n) is 5.23. The maximum absolute atomic E-state index is 6.53. The van der Waals surface area contributed by atoms with Crippen molar-refractivity contribution < 1.29 is 0 Å². The van der Waals surface area contributed by atoms with Crippen LogP contribution in [0.3, 0.4) is 0 Å². The minimum absolute atomic E-state index is 0.111. The number of benzene rings is 1. The number of aromatic amines is 1. The van der Waals surface area contributed by atoms with Crippen molar-refractivity contribution in [3.8, 4) is 11.4 Å². The molecule has 3 N–H and O–H groups in total. The van der Waals surface area contributed by atoms with E-state index in [2.05, 4.69) is 34.2 Å². The fraction of sp³-hybridized carbons (Fsp3) is 0.400. The Morgan fingerprint density at radius 1 is 1.06 bits per heavy atom. The van der Waals surface area contributed by atoms with Crippen molar-refractivity contribution in [2.75, 3.05) is 0 Å². The first kappa shape index (κ1) is 11.5. The van der Waals surface area contributed by atoms with E-state index in [4.69, 9.17) is 5.73 Å². The largest absolute Gasteiger partial charge is 0.345 e. The van der Waals surface area contributed by atoms with Gasteiger partial charge in [-0.3, -0.25) is 0 Å². The highest BCUT2D eigenvalue weighted by Gasteiger charge is 2.29. The molecule has 3 nitrogen and oxygen atoms in total. The van der Waals surface area contributed by atoms with Crippen molar-refractivity contribution in [1.29, 1.82) is 0 Å². The normalized spacial score (nSPS) is 18.7. The van der Waals surface area contributed by atoms with Gasteiger partial charge in [0.1, 0.15) is 5.82 Å². The molecule has 1 heterocycles. The number of hydrogen-bond acceptors (Lipinski definition) is 2. The Hall–Kier alpha value is -1.61. The van der Waals surface area contributed by atoms with Crippen LogP contribution in [0.2, 0.25) is 0 Å². The van der Waals surface area contributed by atoms with Gasteiger partial charge in [0, 0.05) is 23.5 Å². The standard InChI is InChI=1S/C15H19N3/c16-15(8-2-1-3-9-15)13-6-4-12(5-7-13)14-17-10-11-18-14/h4-7,10-11H,1-3,8-9,16H2,(H,17,18). The summed E-state index contributed by atoms with van der Waals surface area (Å²) in [6, 6.07) is 8.53. The topological polar surface area (TPSA) is 54.7 Å². The average molecular weight is 241 g/mol. The van der Waals surface area contributed by atoms with Gasteiger partial charge in [-0.2, -0.15) is 0 Å². The number of imidazole rings is 1. The Morgan fingerprint density at radius 2 is 1.78 bits per heavy atom. The maximum atomic E-state index is 6.53. The molecular formula is C15H19N3. The van der Waals surface area contributed by atoms with Gasteiger partial charge in [0.2, 0.25) is 0 Å². The number of hydrogen-bond donors (Lipinski definition) is 2. The zero-order valence-corrected chi connectivity index (χ0v) is 10.5. The van der Waals surface area contributed by atoms with Crippen LogP contribution in [0.15, 0.2) is 36.7 Å². The van der Waals surface area contributed by atoms with E-state index in [1.165, 1.54) is 24.8 Å². The summed E-state index contributed by atoms with van der Waals surface area (Å²) in [5.41, 5.74) is 8.79. The molecule has 1 aromatic heterocycles. The number of nitrogens with zero attached hydrogens (tertiary/aromatic N) is 1. The Morgan fingerprint density at radius 3 is 2.39 bits per heavy atom. The molecule has 0 unspecified atom stereocenters. The lowest BCUT2D eigenvalue weighted by Gasteiger charge is -2.34. The zero-order chi connectivity index (χ0) is 12.4. The molecule has 1 saturated carbocycles. The van der Waals surface area contributed by atoms with Gasteiger partial charge in [0.05, 0.1) is 0 Å². The van der Waals surface area contributed by atoms with E-state index in [9.17, 15) is 0 Å². The Labute approximate surface area is 107 Å². The molecule has 0 radical (unpaired) electrons. The summed E-state index contributed by atoms with van der Waals surface area (Å²) in [6.45, 7) is 0. The van der Waals surface area contributed by atoms with Crippen LogP contribution >= 0.6 is 0 Å². The Kier molecular flexibility index (Phi) is 2.92. The molecule has 3 heteroatoms. The van der Waals surface area contributed by atoms with Crippen LogP contribution < -0.4 is 5.73 Å². The lowest BCUT2D eigenvalue weighted by molar-refractivity contribution is 0.302. The van der Waals surface area contributed by atoms with Gasteiger partial charge in [-0.25, -0.2) is 4.98 Å². The molecule has 0 bridgehead atoms. The number of nitrogens with one attached hydrogen (secondary N) is 1. The molecule has 0 amide bonds. The molecule has 1 aliphatic rings. The molecular weight excluding hydrogens is 222 g/mol. The quantitative estimate of drug-likeness (QED) is 0.848. The molecule has 1 aromatic carbocycles. The average Bonchev–Trinajstić information content (AvgIpc) is 2.94. The summed E-state index contributed by atoms with van der Waals surface area (Å²) in [7, 11) is 0. The lowest BCUT2D eigenvalue weighted by atomic mass is 9.77. The first-order valence-electron chi connectivity index (χ1n) is 6.67. The van der Waals surface area contributed by atoms with E-state index >= 15 is 0 Å². The van der Waals surface area contributed by atoms with E-state index in [-0.39, 0.29) is 5.54 Å². The van der Waals surface area contributed by atoms with E-state index in [1.807, 2.05) is 6.20 Å². The summed E-state index contributed by atoms with van der Waals surface area (Å²) in [5, 5.41) is 0. The summed E-state index contributed by atoms with van der Waals surface area (Å²) < 4.78 is 0. The fourth-order valence-corrected chi connectivity index (χ4v) is 2.85. The SMILES string of the molecule is NC1(c2ccc(-c3ncc[nH]3)cc2)CCCCC1. The highest BCUT2D eigenvalue weighted by Crippen LogP contribution is 2.35. The highest BCUT2D eigenvalue weighted by molar-refractivity contribution is 5.55. The molecule has 0 aliphatic heterocycles. The van der Waals surface area contributed by atoms with Crippen molar-refractivity contribution in [2.24, 2.45) is 5.73 Å². The minimum atomic E-state index is -0.111. The van der Waals surface area contributed by atoms with E-state index < -0.39 is 0 Å². The third-order valence-electron chi connectivity index (χ3n) is 3.98. The number of nitrogens with two attached hydrogens (primary N) is 1. The fourth-order valence-electron chi connectivity index (χ4n) is 2.85. The number of aromatic nitrogens is 2. The molecule has 1 aliphatic carbocycles. The summed E-state index contributed by atoms with van der Waals surface area (Å²) in [6.07, 6.45) is 9.64. The molecule has 2 aromatic rings. The molecule has 0 atom stereocenters. The van der Waals surface area contributed by atoms with Crippen LogP contribution in [0, 0.1) is 0 Å². The van der Waals surface area contributed by atoms with E-state index in [0.29, 0.717) is 0 Å². The minimum Gasteiger partial charge on any atom is -0.345 e. The van der Waals surface area contributed by atoms with Crippen LogP contribution in [-0.2, 0) is 5.54 Å². The third-order valence-corrected chi connectivity index (χ3v) is 3.98. The second kappa shape index (κ2) is 4.58. The van der Waals surface area contributed by atoms with Gasteiger partial charge in [0.15, 0.2) is 0 Å². The maximum Gasteiger partial charge on any atom is 0.137 e. The molecule has 0 saturated heterocycles. The summed E-state index contributed by atoms with van der Waals surface area (Å²) in [5.74, 6) is 0.913. The molecule has 18 heavy (non-hydrogen) atoms. The second-order valence-corrected chi connectivity index (χ2v) is 5.23. The Bertz CT molecular complexity index is 493. The monoisotopic (exact) mass is 241 g/mol. The molecule has 1 fully saturated rings. The third kappa shape index (κ3) is 2.06. The highest BCUT2D eigenvalue weighted by atomic mass is 14.9. The van der Waals surface area contributed by atoms with E-state index in [1.54, 1.807) is 6.20 Å². The Balaban J connectivity index is 1.86. The van der Waals surface area contributed by atoms with Crippen LogP contribution in [0.25, 0.3) is 11.4 Å². The first-order valence-corrected chi connectivity index (χ1v) is 6.67. The van der Waals surface area contributed by atoms with Crippen molar-refractivity contribution in [1.82, 2.24) is 9.97 Å². The predicted molar refractivity (Wildman–Crippen MR) is 73.0 cm³/mol. The first-order chi connectivity index (χ1) is 8.78. The lowest BCUT2D eigenvalue weighted by Crippen LogP contribution is -2.38. The molecule has 0 spiro atoms. The van der Waals surface area contributed by atoms with Gasteiger partial charge in [-0.05, 0) is 18.4 Å². The van der Waals surface area contributed by atoms with Crippen molar-refractivity contribution in [3.63, 3.8) is 0 Å². The van der Waals surface area contributed by atoms with Crippen LogP contribution in [0.5, 0.6) is 0 Å². The van der Waals surface area contributed by atoms with Gasteiger partial charge >= 0.3 is 0 Å². The number of rotatable bonds is 2. The van der Waals surface area contributed by atoms with Crippen LogP contribution in [0.4, 0.5) is 0 Å². The van der Waals surface area contributed by atoms with Gasteiger partial charge in [-0.1, -0.05) is 43.5 Å².